The van der Waals surface area contributed by atoms with Crippen LogP contribution in [0.25, 0.3) is 0 Å². The van der Waals surface area contributed by atoms with Gasteiger partial charge >= 0.3 is 0 Å². The lowest BCUT2D eigenvalue weighted by Crippen LogP contribution is -2.51. The number of nitrogens with one attached hydrogen (secondary N) is 2. The number of ether oxygens (including phenoxy) is 1. The van der Waals surface area contributed by atoms with Crippen LogP contribution in [0.2, 0.25) is 0 Å². The molecule has 7 nitrogen and oxygen atoms in total. The third-order valence-electron chi connectivity index (χ3n) is 7.13. The molecule has 2 aromatic carbocycles. The predicted molar refractivity (Wildman–Crippen MR) is 135 cm³/mol. The molecule has 1 amide bonds. The van der Waals surface area contributed by atoms with E-state index in [1.807, 2.05) is 55.3 Å². The lowest BCUT2D eigenvalue weighted by Gasteiger charge is -2.32. The molecular formula is C27H36N4O3. The number of rotatable bonds is 8. The summed E-state index contributed by atoms with van der Waals surface area (Å²) in [6.07, 6.45) is 1.22. The van der Waals surface area contributed by atoms with E-state index in [0.29, 0.717) is 50.3 Å². The summed E-state index contributed by atoms with van der Waals surface area (Å²) in [4.78, 5) is 30.6. The minimum atomic E-state index is -0.702. The van der Waals surface area contributed by atoms with Crippen LogP contribution in [0.4, 0.5) is 5.69 Å². The number of ketones is 1. The monoisotopic (exact) mass is 464 g/mol. The standard InChI is InChI=1S/C27H36N4O3/c1-3-27(28-2,25(32)22-8-10-24(11-9-22)30-14-12-29-13-15-30)20-21-4-6-23(7-5-21)26(33)31-16-18-34-19-17-31/h4-11,28-29H,3,12-20H2,1-2H3. The average molecular weight is 465 g/mol. The van der Waals surface area contributed by atoms with Crippen LogP contribution in [0.5, 0.6) is 0 Å². The number of likely N-dealkylation sites (N-methyl/N-ethyl adjacent to an activating group) is 1. The molecule has 7 heteroatoms. The highest BCUT2D eigenvalue weighted by molar-refractivity contribution is 6.03. The van der Waals surface area contributed by atoms with Crippen LogP contribution >= 0.6 is 0 Å². The molecule has 2 aliphatic rings. The molecule has 1 atom stereocenters. The van der Waals surface area contributed by atoms with Gasteiger partial charge in [-0.25, -0.2) is 0 Å². The number of hydrogen-bond donors (Lipinski definition) is 2. The first kappa shape index (κ1) is 24.4. The fourth-order valence-corrected chi connectivity index (χ4v) is 4.83. The van der Waals surface area contributed by atoms with E-state index < -0.39 is 5.54 Å². The largest absolute Gasteiger partial charge is 0.378 e. The van der Waals surface area contributed by atoms with E-state index in [-0.39, 0.29) is 11.7 Å². The maximum atomic E-state index is 13.6. The topological polar surface area (TPSA) is 73.9 Å². The van der Waals surface area contributed by atoms with Gasteiger partial charge in [-0.05, 0) is 61.9 Å². The molecule has 1 unspecified atom stereocenters. The van der Waals surface area contributed by atoms with Gasteiger partial charge in [0.15, 0.2) is 5.78 Å². The second-order valence-corrected chi connectivity index (χ2v) is 9.08. The summed E-state index contributed by atoms with van der Waals surface area (Å²) in [7, 11) is 1.85. The zero-order chi connectivity index (χ0) is 24.0. The lowest BCUT2D eigenvalue weighted by molar-refractivity contribution is 0.0303. The minimum absolute atomic E-state index is 0.0332. The third kappa shape index (κ3) is 5.32. The van der Waals surface area contributed by atoms with Crippen LogP contribution in [0.15, 0.2) is 48.5 Å². The second kappa shape index (κ2) is 11.1. The Morgan fingerprint density at radius 2 is 1.56 bits per heavy atom. The van der Waals surface area contributed by atoms with Crippen molar-refractivity contribution in [3.05, 3.63) is 65.2 Å². The van der Waals surface area contributed by atoms with E-state index >= 15 is 0 Å². The van der Waals surface area contributed by atoms with Gasteiger partial charge in [-0.1, -0.05) is 19.1 Å². The fourth-order valence-electron chi connectivity index (χ4n) is 4.83. The second-order valence-electron chi connectivity index (χ2n) is 9.08. The molecule has 0 bridgehead atoms. The molecule has 2 saturated heterocycles. The van der Waals surface area contributed by atoms with E-state index in [9.17, 15) is 9.59 Å². The first-order valence-corrected chi connectivity index (χ1v) is 12.3. The van der Waals surface area contributed by atoms with Gasteiger partial charge in [0.25, 0.3) is 5.91 Å². The third-order valence-corrected chi connectivity index (χ3v) is 7.13. The van der Waals surface area contributed by atoms with Crippen LogP contribution in [0.1, 0.15) is 39.6 Å². The van der Waals surface area contributed by atoms with Crippen LogP contribution < -0.4 is 15.5 Å². The highest BCUT2D eigenvalue weighted by Gasteiger charge is 2.36. The summed E-state index contributed by atoms with van der Waals surface area (Å²) in [5.41, 5.74) is 2.87. The normalized spacial score (nSPS) is 18.4. The summed E-state index contributed by atoms with van der Waals surface area (Å²) in [5, 5.41) is 6.69. The minimum Gasteiger partial charge on any atom is -0.378 e. The number of benzene rings is 2. The van der Waals surface area contributed by atoms with E-state index in [1.165, 1.54) is 0 Å². The first-order valence-electron chi connectivity index (χ1n) is 12.3. The van der Waals surface area contributed by atoms with Crippen molar-refractivity contribution in [1.29, 1.82) is 0 Å². The van der Waals surface area contributed by atoms with Crippen LogP contribution in [0, 0.1) is 0 Å². The van der Waals surface area contributed by atoms with Gasteiger partial charge in [0.2, 0.25) is 0 Å². The highest BCUT2D eigenvalue weighted by atomic mass is 16.5. The number of hydrogen-bond acceptors (Lipinski definition) is 6. The van der Waals surface area contributed by atoms with Gasteiger partial charge in [-0.3, -0.25) is 9.59 Å². The van der Waals surface area contributed by atoms with Crippen molar-refractivity contribution < 1.29 is 14.3 Å². The highest BCUT2D eigenvalue weighted by Crippen LogP contribution is 2.25. The van der Waals surface area contributed by atoms with Crippen molar-refractivity contribution >= 4 is 17.4 Å². The number of amides is 1. The Kier molecular flexibility index (Phi) is 7.98. The summed E-state index contributed by atoms with van der Waals surface area (Å²) < 4.78 is 5.34. The number of carbonyl (C=O) groups is 2. The van der Waals surface area contributed by atoms with Crippen LogP contribution in [-0.4, -0.2) is 81.7 Å². The molecule has 182 valence electrons. The molecule has 0 radical (unpaired) electrons. The number of anilines is 1. The Labute approximate surface area is 202 Å². The van der Waals surface area contributed by atoms with Crippen LogP contribution in [-0.2, 0) is 11.2 Å². The predicted octanol–water partition coefficient (Wildman–Crippen LogP) is 2.36. The maximum Gasteiger partial charge on any atom is 0.254 e. The van der Waals surface area contributed by atoms with Gasteiger partial charge in [0, 0.05) is 56.1 Å². The first-order chi connectivity index (χ1) is 16.6. The smallest absolute Gasteiger partial charge is 0.254 e. The molecule has 2 heterocycles. The molecule has 2 aromatic rings. The van der Waals surface area contributed by atoms with Crippen molar-refractivity contribution in [2.45, 2.75) is 25.3 Å². The Hall–Kier alpha value is -2.74. The molecule has 4 rings (SSSR count). The quantitative estimate of drug-likeness (QED) is 0.585. The van der Waals surface area contributed by atoms with Crippen molar-refractivity contribution in [3.8, 4) is 0 Å². The molecule has 0 aliphatic carbocycles. The Morgan fingerprint density at radius 1 is 0.941 bits per heavy atom. The van der Waals surface area contributed by atoms with Gasteiger partial charge in [-0.15, -0.1) is 0 Å². The maximum absolute atomic E-state index is 13.6. The van der Waals surface area contributed by atoms with Gasteiger partial charge in [0.1, 0.15) is 0 Å². The molecule has 34 heavy (non-hydrogen) atoms. The molecule has 0 aromatic heterocycles. The van der Waals surface area contributed by atoms with Gasteiger partial charge < -0.3 is 25.2 Å². The average Bonchev–Trinajstić information content (AvgIpc) is 2.92. The van der Waals surface area contributed by atoms with Crippen molar-refractivity contribution in [3.63, 3.8) is 0 Å². The number of Topliss-reactive ketones (excluding diaryl/α,β-unsaturated/α-hetero) is 1. The summed E-state index contributed by atoms with van der Waals surface area (Å²) in [6, 6.07) is 15.7. The SMILES string of the molecule is CCC(Cc1ccc(C(=O)N2CCOCC2)cc1)(NC)C(=O)c1ccc(N2CCNCC2)cc1. The van der Waals surface area contributed by atoms with Crippen molar-refractivity contribution in [2.75, 3.05) is 64.4 Å². The zero-order valence-electron chi connectivity index (χ0n) is 20.3. The molecule has 2 N–H and O–H groups in total. The number of morpholine rings is 1. The summed E-state index contributed by atoms with van der Waals surface area (Å²) >= 11 is 0. The van der Waals surface area contributed by atoms with E-state index in [4.69, 9.17) is 4.74 Å². The fraction of sp³-hybridized carbons (Fsp3) is 0.481. The van der Waals surface area contributed by atoms with E-state index in [1.54, 1.807) is 0 Å². The molecule has 0 spiro atoms. The number of nitrogens with zero attached hydrogens (tertiary/aromatic N) is 2. The Balaban J connectivity index is 1.47. The zero-order valence-corrected chi connectivity index (χ0v) is 20.3. The summed E-state index contributed by atoms with van der Waals surface area (Å²) in [6.45, 7) is 8.39. The van der Waals surface area contributed by atoms with Crippen molar-refractivity contribution in [1.82, 2.24) is 15.5 Å². The Bertz CT molecular complexity index is 958. The number of piperazine rings is 1. The Morgan fingerprint density at radius 3 is 2.15 bits per heavy atom. The summed E-state index contributed by atoms with van der Waals surface area (Å²) in [5.74, 6) is 0.128. The van der Waals surface area contributed by atoms with Crippen LogP contribution in [0.3, 0.4) is 0 Å². The molecule has 0 saturated carbocycles. The van der Waals surface area contributed by atoms with Crippen molar-refractivity contribution in [2.24, 2.45) is 0 Å². The van der Waals surface area contributed by atoms with E-state index in [2.05, 4.69) is 27.7 Å². The van der Waals surface area contributed by atoms with Gasteiger partial charge in [-0.2, -0.15) is 0 Å². The van der Waals surface area contributed by atoms with E-state index in [0.717, 1.165) is 37.4 Å². The molecule has 2 aliphatic heterocycles. The lowest BCUT2D eigenvalue weighted by atomic mass is 9.81. The molecule has 2 fully saturated rings. The van der Waals surface area contributed by atoms with Gasteiger partial charge in [0.05, 0.1) is 18.8 Å². The number of carbonyl (C=O) groups excluding carboxylic acids is 2. The molecular weight excluding hydrogens is 428 g/mol.